The molecule has 0 N–H and O–H groups in total. The van der Waals surface area contributed by atoms with Gasteiger partial charge in [0.1, 0.15) is 5.78 Å². The predicted molar refractivity (Wildman–Crippen MR) is 69.5 cm³/mol. The normalized spacial score (nSPS) is 10.6. The third-order valence-electron chi connectivity index (χ3n) is 2.52. The van der Waals surface area contributed by atoms with Crippen LogP contribution in [0.2, 0.25) is 0 Å². The van der Waals surface area contributed by atoms with Gasteiger partial charge in [-0.25, -0.2) is 0 Å². The number of hydrogen-bond donors (Lipinski definition) is 0. The molecule has 4 heteroatoms. The molecule has 0 unspecified atom stereocenters. The molecule has 0 heterocycles. The number of nitrogens with zero attached hydrogens (tertiary/aromatic N) is 1. The van der Waals surface area contributed by atoms with Crippen LogP contribution in [0.25, 0.3) is 0 Å². The van der Waals surface area contributed by atoms with Gasteiger partial charge in [-0.15, -0.1) is 0 Å². The Hall–Kier alpha value is -1.42. The molecule has 89 valence electrons. The first-order valence-corrected chi connectivity index (χ1v) is 5.73. The van der Waals surface area contributed by atoms with Gasteiger partial charge < -0.3 is 9.61 Å². The Morgan fingerprint density at radius 3 is 2.53 bits per heavy atom. The van der Waals surface area contributed by atoms with E-state index < -0.39 is 0 Å². The van der Waals surface area contributed by atoms with Crippen LogP contribution >= 0.6 is 0 Å². The number of benzene rings is 1. The quantitative estimate of drug-likeness (QED) is 0.523. The molecule has 0 saturated heterocycles. The summed E-state index contributed by atoms with van der Waals surface area (Å²) in [5.74, 6) is 0.114. The second-order valence-electron chi connectivity index (χ2n) is 4.25. The molecule has 0 spiro atoms. The highest BCUT2D eigenvalue weighted by Gasteiger charge is 2.14. The lowest BCUT2D eigenvalue weighted by Crippen LogP contribution is -2.39. The standard InChI is InChI=1S/C13H17BNO2/c1-11(2)15(14-10-16)9-13(17)8-12-6-4-3-5-7-12/h3-7,10-11H,8-9H2,1-2H3. The van der Waals surface area contributed by atoms with Gasteiger partial charge in [0.25, 0.3) is 7.41 Å². The van der Waals surface area contributed by atoms with E-state index in [1.54, 1.807) is 4.81 Å². The van der Waals surface area contributed by atoms with E-state index in [4.69, 9.17) is 0 Å². The fraction of sp³-hybridized carbons (Fsp3) is 0.385. The fourth-order valence-electron chi connectivity index (χ4n) is 1.57. The highest BCUT2D eigenvalue weighted by atomic mass is 16.1. The Kier molecular flexibility index (Phi) is 5.63. The zero-order valence-corrected chi connectivity index (χ0v) is 10.3. The Morgan fingerprint density at radius 2 is 2.00 bits per heavy atom. The van der Waals surface area contributed by atoms with Crippen molar-refractivity contribution >= 4 is 19.4 Å². The highest BCUT2D eigenvalue weighted by molar-refractivity contribution is 6.64. The summed E-state index contributed by atoms with van der Waals surface area (Å²) in [4.78, 5) is 24.0. The van der Waals surface area contributed by atoms with Gasteiger partial charge in [0.05, 0.1) is 6.19 Å². The van der Waals surface area contributed by atoms with Gasteiger partial charge >= 0.3 is 0 Å². The molecule has 1 aromatic rings. The molecule has 0 saturated carbocycles. The first-order valence-electron chi connectivity index (χ1n) is 5.73. The van der Waals surface area contributed by atoms with Crippen LogP contribution in [0.15, 0.2) is 30.3 Å². The zero-order chi connectivity index (χ0) is 12.7. The van der Waals surface area contributed by atoms with Gasteiger partial charge in [-0.05, 0) is 11.6 Å². The van der Waals surface area contributed by atoms with Crippen molar-refractivity contribution < 1.29 is 9.59 Å². The van der Waals surface area contributed by atoms with Crippen molar-refractivity contribution in [2.45, 2.75) is 26.3 Å². The van der Waals surface area contributed by atoms with E-state index in [1.165, 1.54) is 7.41 Å². The molecule has 0 aliphatic carbocycles. The van der Waals surface area contributed by atoms with Crippen LogP contribution < -0.4 is 0 Å². The van der Waals surface area contributed by atoms with Crippen LogP contribution in [0.5, 0.6) is 0 Å². The largest absolute Gasteiger partial charge is 0.331 e. The fourth-order valence-corrected chi connectivity index (χ4v) is 1.57. The number of carbonyl (C=O) groups is 2. The van der Waals surface area contributed by atoms with E-state index >= 15 is 0 Å². The lowest BCUT2D eigenvalue weighted by molar-refractivity contribution is -0.118. The number of carbonyl (C=O) groups excluding carboxylic acids is 2. The van der Waals surface area contributed by atoms with E-state index in [-0.39, 0.29) is 18.4 Å². The van der Waals surface area contributed by atoms with Gasteiger partial charge in [-0.2, -0.15) is 0 Å². The summed E-state index contributed by atoms with van der Waals surface area (Å²) in [6, 6.07) is 9.78. The lowest BCUT2D eigenvalue weighted by Gasteiger charge is -2.22. The molecule has 0 aliphatic rings. The molecule has 0 fully saturated rings. The Balaban J connectivity index is 2.50. The second kappa shape index (κ2) is 7.02. The average Bonchev–Trinajstić information content (AvgIpc) is 2.29. The third-order valence-corrected chi connectivity index (χ3v) is 2.52. The predicted octanol–water partition coefficient (Wildman–Crippen LogP) is 1.32. The molecule has 0 aliphatic heterocycles. The summed E-state index contributed by atoms with van der Waals surface area (Å²) < 4.78 is 0. The SMILES string of the molecule is CC(C)N([B]C=O)CC(=O)Cc1ccccc1. The first-order chi connectivity index (χ1) is 8.13. The van der Waals surface area contributed by atoms with E-state index in [0.29, 0.717) is 6.42 Å². The van der Waals surface area contributed by atoms with Crippen molar-refractivity contribution in [2.24, 2.45) is 0 Å². The van der Waals surface area contributed by atoms with Crippen molar-refractivity contribution in [3.63, 3.8) is 0 Å². The monoisotopic (exact) mass is 230 g/mol. The van der Waals surface area contributed by atoms with E-state index in [9.17, 15) is 9.59 Å². The maximum atomic E-state index is 11.8. The highest BCUT2D eigenvalue weighted by Crippen LogP contribution is 2.02. The number of hydrogen-bond acceptors (Lipinski definition) is 3. The van der Waals surface area contributed by atoms with Gasteiger partial charge in [0.2, 0.25) is 0 Å². The summed E-state index contributed by atoms with van der Waals surface area (Å²) in [5, 5.41) is 0. The topological polar surface area (TPSA) is 37.4 Å². The Morgan fingerprint density at radius 1 is 1.35 bits per heavy atom. The minimum Gasteiger partial charge on any atom is -0.331 e. The van der Waals surface area contributed by atoms with Crippen LogP contribution in [-0.4, -0.2) is 36.8 Å². The Labute approximate surface area is 103 Å². The summed E-state index contributed by atoms with van der Waals surface area (Å²) in [6.07, 6.45) is 1.13. The van der Waals surface area contributed by atoms with Crippen molar-refractivity contribution in [3.8, 4) is 0 Å². The van der Waals surface area contributed by atoms with Crippen LogP contribution in [0.3, 0.4) is 0 Å². The van der Waals surface area contributed by atoms with Gasteiger partial charge in [0.15, 0.2) is 0 Å². The molecule has 0 amide bonds. The molecule has 17 heavy (non-hydrogen) atoms. The summed E-state index contributed by atoms with van der Waals surface area (Å²) in [7, 11) is 1.42. The molecule has 0 atom stereocenters. The summed E-state index contributed by atoms with van der Waals surface area (Å²) in [6.45, 7) is 4.19. The second-order valence-corrected chi connectivity index (χ2v) is 4.25. The minimum atomic E-state index is 0.114. The van der Waals surface area contributed by atoms with Crippen LogP contribution in [0, 0.1) is 0 Å². The molecule has 1 radical (unpaired) electrons. The van der Waals surface area contributed by atoms with E-state index in [0.717, 1.165) is 11.7 Å². The zero-order valence-electron chi connectivity index (χ0n) is 10.3. The summed E-state index contributed by atoms with van der Waals surface area (Å²) >= 11 is 0. The van der Waals surface area contributed by atoms with Gasteiger partial charge in [-0.3, -0.25) is 4.79 Å². The smallest absolute Gasteiger partial charge is 0.293 e. The number of ketones is 1. The summed E-state index contributed by atoms with van der Waals surface area (Å²) in [5.41, 5.74) is 1.01. The molecular formula is C13H17BNO2. The average molecular weight is 230 g/mol. The molecule has 0 aromatic heterocycles. The van der Waals surface area contributed by atoms with Gasteiger partial charge in [-0.1, -0.05) is 44.2 Å². The maximum absolute atomic E-state index is 11.8. The van der Waals surface area contributed by atoms with Crippen molar-refractivity contribution in [1.82, 2.24) is 4.81 Å². The minimum absolute atomic E-state index is 0.114. The van der Waals surface area contributed by atoms with Crippen LogP contribution in [0.1, 0.15) is 19.4 Å². The van der Waals surface area contributed by atoms with E-state index in [2.05, 4.69) is 0 Å². The van der Waals surface area contributed by atoms with E-state index in [1.807, 2.05) is 44.2 Å². The third kappa shape index (κ3) is 4.96. The molecule has 1 rings (SSSR count). The molecule has 0 bridgehead atoms. The number of rotatable bonds is 7. The van der Waals surface area contributed by atoms with Gasteiger partial charge in [0, 0.05) is 13.0 Å². The molecule has 1 aromatic carbocycles. The number of Topliss-reactive ketones (excluding diaryl/α,β-unsaturated/α-hetero) is 1. The molecular weight excluding hydrogens is 213 g/mol. The van der Waals surface area contributed by atoms with Crippen LogP contribution in [-0.2, 0) is 16.0 Å². The van der Waals surface area contributed by atoms with Crippen molar-refractivity contribution in [3.05, 3.63) is 35.9 Å². The lowest BCUT2D eigenvalue weighted by atomic mass is 9.91. The van der Waals surface area contributed by atoms with Crippen LogP contribution in [0.4, 0.5) is 0 Å². The molecule has 3 nitrogen and oxygen atoms in total. The maximum Gasteiger partial charge on any atom is 0.293 e. The first kappa shape index (κ1) is 13.6. The van der Waals surface area contributed by atoms with Crippen molar-refractivity contribution in [1.29, 1.82) is 0 Å². The van der Waals surface area contributed by atoms with Crippen molar-refractivity contribution in [2.75, 3.05) is 6.54 Å². The Bertz CT molecular complexity index is 365.